The van der Waals surface area contributed by atoms with Gasteiger partial charge in [-0.1, -0.05) is 12.1 Å². The second kappa shape index (κ2) is 8.07. The van der Waals surface area contributed by atoms with E-state index in [0.717, 1.165) is 0 Å². The lowest BCUT2D eigenvalue weighted by atomic mass is 10.1. The summed E-state index contributed by atoms with van der Waals surface area (Å²) in [6.45, 7) is 0. The molecule has 0 radical (unpaired) electrons. The molecular formula is C22H10N4O2. The van der Waals surface area contributed by atoms with Crippen molar-refractivity contribution in [3.05, 3.63) is 82.9 Å². The predicted molar refractivity (Wildman–Crippen MR) is 98.3 cm³/mol. The highest BCUT2D eigenvalue weighted by atomic mass is 16.5. The van der Waals surface area contributed by atoms with Gasteiger partial charge in [0, 0.05) is 0 Å². The maximum absolute atomic E-state index is 9.15. The van der Waals surface area contributed by atoms with E-state index in [1.54, 1.807) is 36.4 Å². The molecule has 0 heterocycles. The van der Waals surface area contributed by atoms with Crippen molar-refractivity contribution in [1.29, 1.82) is 21.0 Å². The van der Waals surface area contributed by atoms with Crippen molar-refractivity contribution in [2.75, 3.05) is 0 Å². The Hall–Kier alpha value is -4.78. The molecule has 0 saturated heterocycles. The van der Waals surface area contributed by atoms with Crippen LogP contribution in [0, 0.1) is 45.3 Å². The maximum atomic E-state index is 9.15. The number of para-hydroxylation sites is 2. The minimum atomic E-state index is 0.212. The molecule has 130 valence electrons. The number of hydrogen-bond donors (Lipinski definition) is 0. The van der Waals surface area contributed by atoms with E-state index < -0.39 is 0 Å². The topological polar surface area (TPSA) is 114 Å². The van der Waals surface area contributed by atoms with Crippen LogP contribution in [0.4, 0.5) is 0 Å². The fourth-order valence-corrected chi connectivity index (χ4v) is 2.43. The minimum absolute atomic E-state index is 0.212. The van der Waals surface area contributed by atoms with Gasteiger partial charge in [0.1, 0.15) is 35.8 Å². The van der Waals surface area contributed by atoms with Crippen LogP contribution in [0.1, 0.15) is 22.3 Å². The van der Waals surface area contributed by atoms with Gasteiger partial charge in [-0.05, 0) is 48.5 Å². The monoisotopic (exact) mass is 362 g/mol. The van der Waals surface area contributed by atoms with Gasteiger partial charge in [-0.3, -0.25) is 0 Å². The number of rotatable bonds is 4. The van der Waals surface area contributed by atoms with Gasteiger partial charge in [0.15, 0.2) is 11.5 Å². The first-order valence-corrected chi connectivity index (χ1v) is 8.01. The largest absolute Gasteiger partial charge is 0.453 e. The molecule has 3 rings (SSSR count). The van der Waals surface area contributed by atoms with E-state index in [4.69, 9.17) is 30.5 Å². The SMILES string of the molecule is N#Cc1ccc(Oc2ccccc2Oc2ccc(C#N)c(C#N)c2)cc1C#N. The predicted octanol–water partition coefficient (Wildman–Crippen LogP) is 4.76. The number of nitrogens with zero attached hydrogens (tertiary/aromatic N) is 4. The number of hydrogen-bond acceptors (Lipinski definition) is 6. The van der Waals surface area contributed by atoms with E-state index >= 15 is 0 Å². The zero-order valence-electron chi connectivity index (χ0n) is 14.4. The molecule has 0 spiro atoms. The minimum Gasteiger partial charge on any atom is -0.453 e. The summed E-state index contributed by atoms with van der Waals surface area (Å²) < 4.78 is 11.6. The Labute approximate surface area is 161 Å². The molecular weight excluding hydrogens is 352 g/mol. The van der Waals surface area contributed by atoms with Gasteiger partial charge in [0.2, 0.25) is 0 Å². The summed E-state index contributed by atoms with van der Waals surface area (Å²) in [7, 11) is 0. The second-order valence-electron chi connectivity index (χ2n) is 5.51. The zero-order valence-corrected chi connectivity index (χ0v) is 14.4. The van der Waals surface area contributed by atoms with Crippen LogP contribution >= 0.6 is 0 Å². The lowest BCUT2D eigenvalue weighted by Crippen LogP contribution is -1.93. The summed E-state index contributed by atoms with van der Waals surface area (Å²) in [6.07, 6.45) is 0. The van der Waals surface area contributed by atoms with Gasteiger partial charge in [-0.15, -0.1) is 0 Å². The Morgan fingerprint density at radius 1 is 0.500 bits per heavy atom. The molecule has 0 atom stereocenters. The smallest absolute Gasteiger partial charge is 0.169 e. The summed E-state index contributed by atoms with van der Waals surface area (Å²) in [5, 5.41) is 36.3. The highest BCUT2D eigenvalue weighted by Crippen LogP contribution is 2.35. The molecule has 0 aliphatic carbocycles. The van der Waals surface area contributed by atoms with Crippen molar-refractivity contribution in [1.82, 2.24) is 0 Å². The van der Waals surface area contributed by atoms with E-state index in [1.165, 1.54) is 24.3 Å². The van der Waals surface area contributed by atoms with Gasteiger partial charge < -0.3 is 9.47 Å². The average molecular weight is 362 g/mol. The Kier molecular flexibility index (Phi) is 5.19. The molecule has 0 aliphatic rings. The highest BCUT2D eigenvalue weighted by Gasteiger charge is 2.11. The number of benzene rings is 3. The van der Waals surface area contributed by atoms with Crippen molar-refractivity contribution >= 4 is 0 Å². The molecule has 0 aliphatic heterocycles. The first-order valence-electron chi connectivity index (χ1n) is 8.01. The van der Waals surface area contributed by atoms with E-state index in [0.29, 0.717) is 23.0 Å². The van der Waals surface area contributed by atoms with Crippen molar-refractivity contribution in [3.63, 3.8) is 0 Å². The molecule has 0 saturated carbocycles. The molecule has 0 N–H and O–H groups in total. The van der Waals surface area contributed by atoms with Gasteiger partial charge in [-0.25, -0.2) is 0 Å². The van der Waals surface area contributed by atoms with Crippen molar-refractivity contribution in [3.8, 4) is 47.3 Å². The molecule has 0 amide bonds. The lowest BCUT2D eigenvalue weighted by Gasteiger charge is -2.13. The number of ether oxygens (including phenoxy) is 2. The molecule has 3 aromatic carbocycles. The van der Waals surface area contributed by atoms with Gasteiger partial charge in [-0.2, -0.15) is 21.0 Å². The van der Waals surface area contributed by atoms with Crippen LogP contribution in [0.25, 0.3) is 0 Å². The maximum Gasteiger partial charge on any atom is 0.169 e. The molecule has 0 fully saturated rings. The lowest BCUT2D eigenvalue weighted by molar-refractivity contribution is 0.418. The van der Waals surface area contributed by atoms with E-state index in [2.05, 4.69) is 0 Å². The molecule has 3 aromatic rings. The van der Waals surface area contributed by atoms with Crippen LogP contribution in [0.5, 0.6) is 23.0 Å². The van der Waals surface area contributed by atoms with Crippen LogP contribution in [0.2, 0.25) is 0 Å². The van der Waals surface area contributed by atoms with Gasteiger partial charge >= 0.3 is 0 Å². The third-order valence-electron chi connectivity index (χ3n) is 3.77. The summed E-state index contributed by atoms with van der Waals surface area (Å²) >= 11 is 0. The normalized spacial score (nSPS) is 9.29. The average Bonchev–Trinajstić information content (AvgIpc) is 2.74. The van der Waals surface area contributed by atoms with Crippen LogP contribution in [-0.4, -0.2) is 0 Å². The van der Waals surface area contributed by atoms with E-state index in [1.807, 2.05) is 24.3 Å². The summed E-state index contributed by atoms with van der Waals surface area (Å²) in [4.78, 5) is 0. The van der Waals surface area contributed by atoms with Gasteiger partial charge in [0.05, 0.1) is 22.3 Å². The number of nitriles is 4. The molecule has 6 nitrogen and oxygen atoms in total. The molecule has 0 bridgehead atoms. The van der Waals surface area contributed by atoms with Crippen LogP contribution in [0.15, 0.2) is 60.7 Å². The Morgan fingerprint density at radius 2 is 0.893 bits per heavy atom. The zero-order chi connectivity index (χ0) is 19.9. The first kappa shape index (κ1) is 18.0. The second-order valence-corrected chi connectivity index (χ2v) is 5.51. The summed E-state index contributed by atoms with van der Waals surface area (Å²) in [5.41, 5.74) is 0.954. The standard InChI is InChI=1S/C22H10N4O2/c23-11-15-5-7-19(9-17(15)13-25)27-21-3-1-2-4-22(21)28-20-8-6-16(12-24)18(10-20)14-26/h1-10H. The fraction of sp³-hybridized carbons (Fsp3) is 0. The van der Waals surface area contributed by atoms with Crippen molar-refractivity contribution in [2.24, 2.45) is 0 Å². The molecule has 28 heavy (non-hydrogen) atoms. The quantitative estimate of drug-likeness (QED) is 0.661. The van der Waals surface area contributed by atoms with Crippen LogP contribution < -0.4 is 9.47 Å². The van der Waals surface area contributed by atoms with E-state index in [9.17, 15) is 0 Å². The van der Waals surface area contributed by atoms with Crippen LogP contribution in [0.3, 0.4) is 0 Å². The molecule has 6 heteroatoms. The first-order chi connectivity index (χ1) is 13.7. The molecule has 0 aromatic heterocycles. The van der Waals surface area contributed by atoms with Crippen molar-refractivity contribution in [2.45, 2.75) is 0 Å². The summed E-state index contributed by atoms with van der Waals surface area (Å²) in [6, 6.07) is 23.9. The Bertz CT molecular complexity index is 1120. The third kappa shape index (κ3) is 3.73. The van der Waals surface area contributed by atoms with Gasteiger partial charge in [0.25, 0.3) is 0 Å². The van der Waals surface area contributed by atoms with Crippen LogP contribution in [-0.2, 0) is 0 Å². The van der Waals surface area contributed by atoms with E-state index in [-0.39, 0.29) is 22.3 Å². The Balaban J connectivity index is 1.91. The fourth-order valence-electron chi connectivity index (χ4n) is 2.43. The summed E-state index contributed by atoms with van der Waals surface area (Å²) in [5.74, 6) is 1.53. The molecule has 0 unspecified atom stereocenters. The highest BCUT2D eigenvalue weighted by molar-refractivity contribution is 5.53. The third-order valence-corrected chi connectivity index (χ3v) is 3.77. The Morgan fingerprint density at radius 3 is 1.25 bits per heavy atom. The van der Waals surface area contributed by atoms with Crippen molar-refractivity contribution < 1.29 is 9.47 Å².